The van der Waals surface area contributed by atoms with Crippen LogP contribution in [-0.4, -0.2) is 23.5 Å². The summed E-state index contributed by atoms with van der Waals surface area (Å²) in [5, 5.41) is 11.4. The van der Waals surface area contributed by atoms with Crippen LogP contribution in [0.25, 0.3) is 11.1 Å². The topological polar surface area (TPSA) is 75.6 Å². The van der Waals surface area contributed by atoms with Crippen molar-refractivity contribution >= 4 is 11.9 Å². The Hall–Kier alpha value is -3.60. The van der Waals surface area contributed by atoms with Crippen molar-refractivity contribution in [1.82, 2.24) is 5.32 Å². The van der Waals surface area contributed by atoms with Crippen molar-refractivity contribution in [2.45, 2.75) is 72.3 Å². The number of aliphatic carboxylic acids is 1. The lowest BCUT2D eigenvalue weighted by molar-refractivity contribution is -0.136. The van der Waals surface area contributed by atoms with Crippen molar-refractivity contribution in [2.75, 3.05) is 6.54 Å². The Kier molecular flexibility index (Phi) is 10.5. The summed E-state index contributed by atoms with van der Waals surface area (Å²) < 4.78 is 6.46. The molecule has 5 heteroatoms. The van der Waals surface area contributed by atoms with Gasteiger partial charge in [-0.3, -0.25) is 9.59 Å². The highest BCUT2D eigenvalue weighted by atomic mass is 16.5. The molecule has 0 fully saturated rings. The molecule has 1 amide bonds. The molecule has 1 unspecified atom stereocenters. The Morgan fingerprint density at radius 1 is 0.868 bits per heavy atom. The molecule has 0 aliphatic carbocycles. The zero-order valence-electron chi connectivity index (χ0n) is 23.3. The molecule has 202 valence electrons. The molecule has 0 heterocycles. The first-order valence-electron chi connectivity index (χ1n) is 13.6. The van der Waals surface area contributed by atoms with Gasteiger partial charge in [-0.15, -0.1) is 0 Å². The van der Waals surface area contributed by atoms with E-state index < -0.39 is 5.97 Å². The molecule has 2 N–H and O–H groups in total. The van der Waals surface area contributed by atoms with Crippen molar-refractivity contribution in [3.8, 4) is 16.9 Å². The summed E-state index contributed by atoms with van der Waals surface area (Å²) in [5.41, 5.74) is 6.61. The van der Waals surface area contributed by atoms with Crippen LogP contribution in [0.5, 0.6) is 5.75 Å². The van der Waals surface area contributed by atoms with E-state index in [1.165, 1.54) is 22.3 Å². The predicted octanol–water partition coefficient (Wildman–Crippen LogP) is 7.94. The highest BCUT2D eigenvalue weighted by molar-refractivity contribution is 5.94. The molecule has 3 rings (SSSR count). The number of carbonyl (C=O) groups is 2. The monoisotopic (exact) mass is 515 g/mol. The van der Waals surface area contributed by atoms with Crippen LogP contribution in [-0.2, 0) is 4.79 Å². The fourth-order valence-electron chi connectivity index (χ4n) is 4.50. The minimum Gasteiger partial charge on any atom is -0.486 e. The molecular weight excluding hydrogens is 474 g/mol. The van der Waals surface area contributed by atoms with Gasteiger partial charge in [0, 0.05) is 12.1 Å². The normalized spacial score (nSPS) is 12.0. The second-order valence-corrected chi connectivity index (χ2v) is 10.7. The summed E-state index contributed by atoms with van der Waals surface area (Å²) in [7, 11) is 0. The van der Waals surface area contributed by atoms with Crippen LogP contribution in [0.1, 0.15) is 92.4 Å². The van der Waals surface area contributed by atoms with E-state index in [0.717, 1.165) is 24.8 Å². The summed E-state index contributed by atoms with van der Waals surface area (Å²) in [6.45, 7) is 11.1. The van der Waals surface area contributed by atoms with Gasteiger partial charge in [0.1, 0.15) is 11.9 Å². The highest BCUT2D eigenvalue weighted by Gasteiger charge is 2.16. The Morgan fingerprint density at radius 2 is 1.53 bits per heavy atom. The van der Waals surface area contributed by atoms with E-state index in [1.807, 2.05) is 0 Å². The predicted molar refractivity (Wildman–Crippen MR) is 154 cm³/mol. The second kappa shape index (κ2) is 13.8. The number of amides is 1. The molecule has 0 saturated heterocycles. The minimum atomic E-state index is -0.940. The third-order valence-electron chi connectivity index (χ3n) is 6.78. The average molecular weight is 516 g/mol. The van der Waals surface area contributed by atoms with Gasteiger partial charge in [0.05, 0.1) is 6.42 Å². The largest absolute Gasteiger partial charge is 0.486 e. The highest BCUT2D eigenvalue weighted by Crippen LogP contribution is 2.32. The fourth-order valence-corrected chi connectivity index (χ4v) is 4.50. The molecule has 38 heavy (non-hydrogen) atoms. The molecule has 3 aromatic carbocycles. The maximum atomic E-state index is 12.3. The van der Waals surface area contributed by atoms with Crippen LogP contribution in [0, 0.1) is 12.8 Å². The van der Waals surface area contributed by atoms with E-state index in [0.29, 0.717) is 23.1 Å². The maximum Gasteiger partial charge on any atom is 0.305 e. The van der Waals surface area contributed by atoms with Crippen LogP contribution < -0.4 is 10.1 Å². The number of hydrogen-bond donors (Lipinski definition) is 2. The summed E-state index contributed by atoms with van der Waals surface area (Å²) >= 11 is 0. The molecule has 0 saturated carbocycles. The van der Waals surface area contributed by atoms with Crippen molar-refractivity contribution in [3.63, 3.8) is 0 Å². The van der Waals surface area contributed by atoms with Gasteiger partial charge in [-0.05, 0) is 83.7 Å². The average Bonchev–Trinajstić information content (AvgIpc) is 2.88. The van der Waals surface area contributed by atoms with E-state index in [9.17, 15) is 9.59 Å². The number of nitrogens with one attached hydrogen (secondary N) is 1. The van der Waals surface area contributed by atoms with Gasteiger partial charge in [0.15, 0.2) is 0 Å². The Labute approximate surface area is 227 Å². The number of ether oxygens (including phenoxy) is 1. The molecular formula is C33H41NO4. The van der Waals surface area contributed by atoms with Crippen molar-refractivity contribution < 1.29 is 19.4 Å². The fraction of sp³-hybridized carbons (Fsp3) is 0.394. The Morgan fingerprint density at radius 3 is 2.11 bits per heavy atom. The number of benzene rings is 3. The Bertz CT molecular complexity index is 1200. The van der Waals surface area contributed by atoms with E-state index in [2.05, 4.69) is 82.4 Å². The van der Waals surface area contributed by atoms with Crippen molar-refractivity contribution in [1.29, 1.82) is 0 Å². The molecule has 0 bridgehead atoms. The number of hydrogen-bond acceptors (Lipinski definition) is 3. The molecule has 3 aromatic rings. The smallest absolute Gasteiger partial charge is 0.305 e. The first-order valence-corrected chi connectivity index (χ1v) is 13.6. The molecule has 0 aromatic heterocycles. The lowest BCUT2D eigenvalue weighted by atomic mass is 9.93. The van der Waals surface area contributed by atoms with Crippen LogP contribution in [0.3, 0.4) is 0 Å². The standard InChI is InChI=1S/C33H41NO4/c1-22(2)7-6-8-31(38-29-16-13-27(14-17-29)33(37)34-20-19-32(35)36)28-15-18-30(24(5)21-28)26-11-9-25(10-12-26)23(3)4/h9-18,21-23,31H,6-8,19-20H2,1-5H3,(H,34,37)(H,35,36). The van der Waals surface area contributed by atoms with Crippen molar-refractivity contribution in [3.05, 3.63) is 89.0 Å². The first-order chi connectivity index (χ1) is 18.1. The van der Waals surface area contributed by atoms with E-state index in [1.54, 1.807) is 24.3 Å². The van der Waals surface area contributed by atoms with Crippen LogP contribution in [0.2, 0.25) is 0 Å². The third kappa shape index (κ3) is 8.47. The maximum absolute atomic E-state index is 12.3. The SMILES string of the molecule is Cc1cc(C(CCCC(C)C)Oc2ccc(C(=O)NCCC(=O)O)cc2)ccc1-c1ccc(C(C)C)cc1. The number of rotatable bonds is 13. The van der Waals surface area contributed by atoms with Gasteiger partial charge in [-0.2, -0.15) is 0 Å². The minimum absolute atomic E-state index is 0.0972. The summed E-state index contributed by atoms with van der Waals surface area (Å²) in [5.74, 6) is 0.612. The number of carbonyl (C=O) groups excluding carboxylic acids is 1. The zero-order valence-corrected chi connectivity index (χ0v) is 23.3. The van der Waals surface area contributed by atoms with Gasteiger partial charge < -0.3 is 15.2 Å². The molecule has 0 aliphatic rings. The summed E-state index contributed by atoms with van der Waals surface area (Å²) in [4.78, 5) is 23.0. The van der Waals surface area contributed by atoms with Crippen LogP contribution in [0.4, 0.5) is 0 Å². The van der Waals surface area contributed by atoms with E-state index >= 15 is 0 Å². The van der Waals surface area contributed by atoms with Crippen molar-refractivity contribution in [2.24, 2.45) is 5.92 Å². The summed E-state index contributed by atoms with van der Waals surface area (Å²) in [6.07, 6.45) is 2.89. The zero-order chi connectivity index (χ0) is 27.7. The van der Waals surface area contributed by atoms with Gasteiger partial charge in [-0.1, -0.05) is 76.6 Å². The first kappa shape index (κ1) is 29.0. The summed E-state index contributed by atoms with van der Waals surface area (Å²) in [6, 6.07) is 22.5. The lowest BCUT2D eigenvalue weighted by Crippen LogP contribution is -2.25. The van der Waals surface area contributed by atoms with Gasteiger partial charge in [-0.25, -0.2) is 0 Å². The second-order valence-electron chi connectivity index (χ2n) is 10.7. The van der Waals surface area contributed by atoms with Gasteiger partial charge in [0.25, 0.3) is 5.91 Å². The van der Waals surface area contributed by atoms with Crippen LogP contribution in [0.15, 0.2) is 66.7 Å². The molecule has 0 spiro atoms. The molecule has 0 aliphatic heterocycles. The van der Waals surface area contributed by atoms with E-state index in [4.69, 9.17) is 9.84 Å². The quantitative estimate of drug-likeness (QED) is 0.242. The van der Waals surface area contributed by atoms with Gasteiger partial charge in [0.2, 0.25) is 0 Å². The lowest BCUT2D eigenvalue weighted by Gasteiger charge is -2.22. The molecule has 0 radical (unpaired) electrons. The Balaban J connectivity index is 1.76. The van der Waals surface area contributed by atoms with E-state index in [-0.39, 0.29) is 25.0 Å². The van der Waals surface area contributed by atoms with Crippen LogP contribution >= 0.6 is 0 Å². The number of carboxylic acid groups (broad SMARTS) is 1. The molecule has 1 atom stereocenters. The number of aryl methyl sites for hydroxylation is 1. The third-order valence-corrected chi connectivity index (χ3v) is 6.78. The van der Waals surface area contributed by atoms with Gasteiger partial charge >= 0.3 is 5.97 Å². The molecule has 5 nitrogen and oxygen atoms in total. The number of carboxylic acids is 1.